The van der Waals surface area contributed by atoms with Crippen molar-refractivity contribution in [3.8, 4) is 0 Å². The van der Waals surface area contributed by atoms with Crippen LogP contribution in [0.5, 0.6) is 0 Å². The molecule has 0 amide bonds. The van der Waals surface area contributed by atoms with Crippen molar-refractivity contribution in [2.45, 2.75) is 11.8 Å². The fourth-order valence-corrected chi connectivity index (χ4v) is 2.75. The summed E-state index contributed by atoms with van der Waals surface area (Å²) in [6.45, 7) is -0.133. The van der Waals surface area contributed by atoms with Crippen molar-refractivity contribution in [2.75, 3.05) is 13.2 Å². The van der Waals surface area contributed by atoms with Crippen LogP contribution in [0.25, 0.3) is 0 Å². The molecule has 2 nitrogen and oxygen atoms in total. The summed E-state index contributed by atoms with van der Waals surface area (Å²) in [5.41, 5.74) is 6.28. The summed E-state index contributed by atoms with van der Waals surface area (Å²) in [6, 6.07) is 10.3. The predicted octanol–water partition coefficient (Wildman–Crippen LogP) is 3.16. The molecular weight excluding hydrogens is 340 g/mol. The molecule has 0 aliphatic heterocycles. The van der Waals surface area contributed by atoms with E-state index in [2.05, 4.69) is 15.9 Å². The molecule has 0 saturated heterocycles. The van der Waals surface area contributed by atoms with Gasteiger partial charge in [-0.25, -0.2) is 8.78 Å². The van der Waals surface area contributed by atoms with Gasteiger partial charge in [0.25, 0.3) is 0 Å². The van der Waals surface area contributed by atoms with Crippen LogP contribution < -0.4 is 5.73 Å². The Hall–Kier alpha value is -1.30. The topological polar surface area (TPSA) is 46.2 Å². The summed E-state index contributed by atoms with van der Waals surface area (Å²) in [4.78, 5) is 0. The second-order valence-corrected chi connectivity index (χ2v) is 5.92. The zero-order valence-corrected chi connectivity index (χ0v) is 12.9. The van der Waals surface area contributed by atoms with Crippen molar-refractivity contribution in [1.82, 2.24) is 0 Å². The highest BCUT2D eigenvalue weighted by atomic mass is 79.9. The molecule has 0 spiro atoms. The Morgan fingerprint density at radius 2 is 1.81 bits per heavy atom. The Kier molecular flexibility index (Phi) is 5.08. The third-order valence-corrected chi connectivity index (χ3v) is 4.44. The molecule has 2 rings (SSSR count). The van der Waals surface area contributed by atoms with Gasteiger partial charge < -0.3 is 10.8 Å². The lowest BCUT2D eigenvalue weighted by atomic mass is 9.76. The zero-order chi connectivity index (χ0) is 15.5. The maximum Gasteiger partial charge on any atom is 0.123 e. The third-order valence-electron chi connectivity index (χ3n) is 3.67. The van der Waals surface area contributed by atoms with Crippen molar-refractivity contribution in [3.63, 3.8) is 0 Å². The van der Waals surface area contributed by atoms with Crippen LogP contribution in [0, 0.1) is 11.6 Å². The van der Waals surface area contributed by atoms with Gasteiger partial charge in [-0.2, -0.15) is 0 Å². The van der Waals surface area contributed by atoms with Crippen LogP contribution in [0.3, 0.4) is 0 Å². The van der Waals surface area contributed by atoms with E-state index in [9.17, 15) is 13.9 Å². The summed E-state index contributed by atoms with van der Waals surface area (Å²) in [5.74, 6) is -0.756. The lowest BCUT2D eigenvalue weighted by molar-refractivity contribution is 0.195. The Labute approximate surface area is 130 Å². The number of hydrogen-bond donors (Lipinski definition) is 2. The first-order chi connectivity index (χ1) is 10.0. The second-order valence-electron chi connectivity index (χ2n) is 5.07. The van der Waals surface area contributed by atoms with Gasteiger partial charge in [0.2, 0.25) is 0 Å². The second kappa shape index (κ2) is 6.64. The van der Waals surface area contributed by atoms with Crippen LogP contribution in [0.2, 0.25) is 0 Å². The van der Waals surface area contributed by atoms with Gasteiger partial charge in [0.05, 0.1) is 6.61 Å². The summed E-state index contributed by atoms with van der Waals surface area (Å²) < 4.78 is 27.6. The molecule has 3 N–H and O–H groups in total. The van der Waals surface area contributed by atoms with E-state index in [1.54, 1.807) is 18.2 Å². The van der Waals surface area contributed by atoms with Crippen molar-refractivity contribution < 1.29 is 13.9 Å². The lowest BCUT2D eigenvalue weighted by Gasteiger charge is -2.31. The lowest BCUT2D eigenvalue weighted by Crippen LogP contribution is -2.41. The van der Waals surface area contributed by atoms with Gasteiger partial charge in [-0.3, -0.25) is 0 Å². The highest BCUT2D eigenvalue weighted by Gasteiger charge is 2.31. The number of rotatable bonds is 5. The summed E-state index contributed by atoms with van der Waals surface area (Å²) in [7, 11) is 0. The molecule has 5 heteroatoms. The van der Waals surface area contributed by atoms with Gasteiger partial charge in [-0.15, -0.1) is 0 Å². The molecule has 0 fully saturated rings. The Bertz CT molecular complexity index is 629. The number of nitrogens with two attached hydrogens (primary N) is 1. The summed E-state index contributed by atoms with van der Waals surface area (Å²) >= 11 is 3.37. The van der Waals surface area contributed by atoms with Crippen LogP contribution >= 0.6 is 15.9 Å². The van der Waals surface area contributed by atoms with Gasteiger partial charge in [-0.1, -0.05) is 28.1 Å². The largest absolute Gasteiger partial charge is 0.395 e. The standard InChI is InChI=1S/C16H16BrF2NO/c17-15-5-4-14(19)6-11(15)8-16(9-20,10-21)12-2-1-3-13(18)7-12/h1-7,21H,8-10,20H2. The molecular formula is C16H16BrF2NO. The van der Waals surface area contributed by atoms with E-state index in [0.717, 1.165) is 4.47 Å². The quantitative estimate of drug-likeness (QED) is 0.865. The van der Waals surface area contributed by atoms with Crippen LogP contribution in [-0.4, -0.2) is 18.3 Å². The Balaban J connectivity index is 2.45. The van der Waals surface area contributed by atoms with Crippen LogP contribution in [0.15, 0.2) is 46.9 Å². The maximum atomic E-state index is 13.5. The molecule has 21 heavy (non-hydrogen) atoms. The first kappa shape index (κ1) is 16.1. The van der Waals surface area contributed by atoms with E-state index < -0.39 is 11.2 Å². The van der Waals surface area contributed by atoms with Crippen LogP contribution in [0.1, 0.15) is 11.1 Å². The minimum Gasteiger partial charge on any atom is -0.395 e. The predicted molar refractivity (Wildman–Crippen MR) is 82.0 cm³/mol. The average Bonchev–Trinajstić information content (AvgIpc) is 2.48. The molecule has 2 aromatic rings. The number of benzene rings is 2. The monoisotopic (exact) mass is 355 g/mol. The SMILES string of the molecule is NCC(CO)(Cc1cc(F)ccc1Br)c1cccc(F)c1. The molecule has 0 aliphatic carbocycles. The molecule has 0 radical (unpaired) electrons. The molecule has 112 valence electrons. The minimum atomic E-state index is -0.849. The van der Waals surface area contributed by atoms with E-state index in [1.165, 1.54) is 24.3 Å². The highest BCUT2D eigenvalue weighted by molar-refractivity contribution is 9.10. The van der Waals surface area contributed by atoms with Crippen molar-refractivity contribution in [3.05, 3.63) is 69.7 Å². The normalized spacial score (nSPS) is 14.0. The van der Waals surface area contributed by atoms with E-state index >= 15 is 0 Å². The van der Waals surface area contributed by atoms with Gasteiger partial charge >= 0.3 is 0 Å². The molecule has 0 heterocycles. The Morgan fingerprint density at radius 1 is 1.10 bits per heavy atom. The molecule has 1 atom stereocenters. The molecule has 0 aromatic heterocycles. The minimum absolute atomic E-state index is 0.121. The Morgan fingerprint density at radius 3 is 2.43 bits per heavy atom. The first-order valence-electron chi connectivity index (χ1n) is 6.52. The number of hydrogen-bond acceptors (Lipinski definition) is 2. The van der Waals surface area contributed by atoms with Gasteiger partial charge in [0.1, 0.15) is 11.6 Å². The maximum absolute atomic E-state index is 13.5. The van der Waals surface area contributed by atoms with E-state index in [4.69, 9.17) is 5.73 Å². The number of halogens is 3. The van der Waals surface area contributed by atoms with Gasteiger partial charge in [0.15, 0.2) is 0 Å². The van der Waals surface area contributed by atoms with E-state index in [1.807, 2.05) is 0 Å². The fraction of sp³-hybridized carbons (Fsp3) is 0.250. The summed E-state index contributed by atoms with van der Waals surface area (Å²) in [5, 5.41) is 9.83. The smallest absolute Gasteiger partial charge is 0.123 e. The van der Waals surface area contributed by atoms with Crippen molar-refractivity contribution >= 4 is 15.9 Å². The third kappa shape index (κ3) is 3.48. The average molecular weight is 356 g/mol. The fourth-order valence-electron chi connectivity index (χ4n) is 2.37. The zero-order valence-electron chi connectivity index (χ0n) is 11.3. The van der Waals surface area contributed by atoms with Crippen molar-refractivity contribution in [2.24, 2.45) is 5.73 Å². The molecule has 0 aliphatic rings. The highest BCUT2D eigenvalue weighted by Crippen LogP contribution is 2.31. The van der Waals surface area contributed by atoms with Gasteiger partial charge in [0, 0.05) is 16.4 Å². The number of aliphatic hydroxyl groups excluding tert-OH is 1. The first-order valence-corrected chi connectivity index (χ1v) is 7.31. The number of aliphatic hydroxyl groups is 1. The molecule has 0 saturated carbocycles. The molecule has 0 bridgehead atoms. The molecule has 2 aromatic carbocycles. The van der Waals surface area contributed by atoms with E-state index in [-0.39, 0.29) is 19.0 Å². The van der Waals surface area contributed by atoms with Gasteiger partial charge in [-0.05, 0) is 47.9 Å². The van der Waals surface area contributed by atoms with Crippen LogP contribution in [-0.2, 0) is 11.8 Å². The molecule has 1 unspecified atom stereocenters. The summed E-state index contributed by atoms with van der Waals surface area (Å²) in [6.07, 6.45) is 0.307. The van der Waals surface area contributed by atoms with E-state index in [0.29, 0.717) is 17.5 Å². The van der Waals surface area contributed by atoms with Crippen molar-refractivity contribution in [1.29, 1.82) is 0 Å². The van der Waals surface area contributed by atoms with Crippen LogP contribution in [0.4, 0.5) is 8.78 Å².